The number of hydrogen-bond acceptors (Lipinski definition) is 5. The monoisotopic (exact) mass is 289 g/mol. The Morgan fingerprint density at radius 3 is 2.62 bits per heavy atom. The van der Waals surface area contributed by atoms with Crippen molar-refractivity contribution in [1.82, 2.24) is 0 Å². The van der Waals surface area contributed by atoms with Crippen LogP contribution in [0.2, 0.25) is 0 Å². The Bertz CT molecular complexity index is 582. The number of nitriles is 1. The predicted molar refractivity (Wildman–Crippen MR) is 75.1 cm³/mol. The fourth-order valence-electron chi connectivity index (χ4n) is 3.53. The van der Waals surface area contributed by atoms with Crippen molar-refractivity contribution < 1.29 is 19.3 Å². The third-order valence-corrected chi connectivity index (χ3v) is 4.67. The van der Waals surface area contributed by atoms with E-state index in [9.17, 15) is 10.4 Å². The molecule has 2 heterocycles. The van der Waals surface area contributed by atoms with Crippen molar-refractivity contribution in [2.45, 2.75) is 37.6 Å². The molecule has 21 heavy (non-hydrogen) atoms. The molecule has 5 nitrogen and oxygen atoms in total. The van der Waals surface area contributed by atoms with Crippen molar-refractivity contribution in [3.63, 3.8) is 0 Å². The molecule has 112 valence electrons. The summed E-state index contributed by atoms with van der Waals surface area (Å²) in [6.45, 7) is 0. The Hall–Kier alpha value is -1.77. The lowest BCUT2D eigenvalue weighted by molar-refractivity contribution is 0.00330. The summed E-state index contributed by atoms with van der Waals surface area (Å²) in [5.41, 5.74) is -0.201. The highest BCUT2D eigenvalue weighted by Crippen LogP contribution is 2.54. The number of ether oxygens (including phenoxy) is 3. The zero-order valence-corrected chi connectivity index (χ0v) is 12.2. The number of benzene rings is 1. The van der Waals surface area contributed by atoms with Crippen molar-refractivity contribution >= 4 is 0 Å². The molecule has 0 saturated carbocycles. The number of rotatable bonds is 4. The predicted octanol–water partition coefficient (Wildman–Crippen LogP) is 2.20. The number of aliphatic hydroxyl groups is 1. The molecule has 0 spiro atoms. The molecule has 0 aromatic heterocycles. The Morgan fingerprint density at radius 2 is 2.10 bits per heavy atom. The molecule has 5 heteroatoms. The topological polar surface area (TPSA) is 71.7 Å². The van der Waals surface area contributed by atoms with E-state index < -0.39 is 11.5 Å². The molecule has 2 bridgehead atoms. The fraction of sp³-hybridized carbons (Fsp3) is 0.562. The zero-order valence-electron chi connectivity index (χ0n) is 12.2. The van der Waals surface area contributed by atoms with Crippen molar-refractivity contribution in [3.05, 3.63) is 23.8 Å². The summed E-state index contributed by atoms with van der Waals surface area (Å²) < 4.78 is 16.3. The van der Waals surface area contributed by atoms with Crippen LogP contribution in [-0.2, 0) is 4.74 Å². The Labute approximate surface area is 124 Å². The van der Waals surface area contributed by atoms with Crippen LogP contribution in [0.15, 0.2) is 18.2 Å². The van der Waals surface area contributed by atoms with Crippen LogP contribution >= 0.6 is 0 Å². The minimum absolute atomic E-state index is 0.101. The van der Waals surface area contributed by atoms with E-state index in [1.54, 1.807) is 32.4 Å². The number of hydrogen-bond donors (Lipinski definition) is 1. The quantitative estimate of drug-likeness (QED) is 0.920. The number of fused-ring (bicyclic) bond motifs is 2. The highest BCUT2D eigenvalue weighted by molar-refractivity contribution is 5.44. The molecule has 4 unspecified atom stereocenters. The second kappa shape index (κ2) is 5.21. The highest BCUT2D eigenvalue weighted by Gasteiger charge is 2.57. The van der Waals surface area contributed by atoms with Gasteiger partial charge in [0.15, 0.2) is 11.5 Å². The Kier molecular flexibility index (Phi) is 3.52. The van der Waals surface area contributed by atoms with Gasteiger partial charge in [0, 0.05) is 0 Å². The summed E-state index contributed by atoms with van der Waals surface area (Å²) in [7, 11) is 3.11. The lowest BCUT2D eigenvalue weighted by Crippen LogP contribution is -2.37. The average Bonchev–Trinajstić information content (AvgIpc) is 3.14. The van der Waals surface area contributed by atoms with Gasteiger partial charge in [-0.1, -0.05) is 6.07 Å². The van der Waals surface area contributed by atoms with E-state index >= 15 is 0 Å². The maximum Gasteiger partial charge on any atom is 0.161 e. The van der Waals surface area contributed by atoms with E-state index in [-0.39, 0.29) is 12.2 Å². The van der Waals surface area contributed by atoms with Crippen LogP contribution < -0.4 is 9.47 Å². The first-order chi connectivity index (χ1) is 10.1. The summed E-state index contributed by atoms with van der Waals surface area (Å²) in [5.74, 6) is 1.15. The third-order valence-electron chi connectivity index (χ3n) is 4.67. The highest BCUT2D eigenvalue weighted by atomic mass is 16.5. The molecular weight excluding hydrogens is 270 g/mol. The second-order valence-corrected chi connectivity index (χ2v) is 5.70. The lowest BCUT2D eigenvalue weighted by Gasteiger charge is -2.33. The molecule has 1 N–H and O–H groups in total. The van der Waals surface area contributed by atoms with Crippen molar-refractivity contribution in [2.75, 3.05) is 14.2 Å². The summed E-state index contributed by atoms with van der Waals surface area (Å²) in [6.07, 6.45) is 1.43. The van der Waals surface area contributed by atoms with Gasteiger partial charge in [0.25, 0.3) is 0 Å². The minimum atomic E-state index is -0.891. The van der Waals surface area contributed by atoms with E-state index in [1.807, 2.05) is 0 Å². The maximum absolute atomic E-state index is 10.8. The third kappa shape index (κ3) is 2.06. The summed E-state index contributed by atoms with van der Waals surface area (Å²) in [5, 5.41) is 20.4. The van der Waals surface area contributed by atoms with Gasteiger partial charge in [-0.05, 0) is 37.0 Å². The van der Waals surface area contributed by atoms with E-state index in [1.165, 1.54) is 0 Å². The molecular formula is C16H19NO4. The molecule has 0 radical (unpaired) electrons. The van der Waals surface area contributed by atoms with Crippen LogP contribution in [-0.4, -0.2) is 31.5 Å². The van der Waals surface area contributed by atoms with Gasteiger partial charge in [0.05, 0.1) is 32.5 Å². The Balaban J connectivity index is 1.95. The van der Waals surface area contributed by atoms with Crippen molar-refractivity contribution in [2.24, 2.45) is 5.41 Å². The van der Waals surface area contributed by atoms with Crippen LogP contribution in [0.5, 0.6) is 11.5 Å². The van der Waals surface area contributed by atoms with E-state index in [4.69, 9.17) is 14.2 Å². The summed E-state index contributed by atoms with van der Waals surface area (Å²) >= 11 is 0. The molecule has 2 saturated heterocycles. The second-order valence-electron chi connectivity index (χ2n) is 5.70. The number of methoxy groups -OCH3 is 2. The smallest absolute Gasteiger partial charge is 0.161 e. The first-order valence-corrected chi connectivity index (χ1v) is 7.11. The number of aliphatic hydroxyl groups excluding tert-OH is 1. The molecule has 4 atom stereocenters. The first kappa shape index (κ1) is 14.2. The van der Waals surface area contributed by atoms with E-state index in [0.29, 0.717) is 23.5 Å². The van der Waals surface area contributed by atoms with Gasteiger partial charge in [0.2, 0.25) is 0 Å². The van der Waals surface area contributed by atoms with Crippen LogP contribution in [0, 0.1) is 16.7 Å². The van der Waals surface area contributed by atoms with Gasteiger partial charge in [-0.25, -0.2) is 0 Å². The average molecular weight is 289 g/mol. The minimum Gasteiger partial charge on any atom is -0.493 e. The van der Waals surface area contributed by atoms with Gasteiger partial charge in [0.1, 0.15) is 11.5 Å². The number of nitrogens with zero attached hydrogens (tertiary/aromatic N) is 1. The summed E-state index contributed by atoms with van der Waals surface area (Å²) in [6, 6.07) is 7.58. The normalized spacial score (nSPS) is 31.7. The molecule has 0 aliphatic carbocycles. The molecule has 1 aromatic carbocycles. The SMILES string of the molecule is COc1ccc(C(O)C2(C#N)CC3CCC2O3)cc1OC. The van der Waals surface area contributed by atoms with Crippen LogP contribution in [0.4, 0.5) is 0 Å². The first-order valence-electron chi connectivity index (χ1n) is 7.11. The van der Waals surface area contributed by atoms with Crippen LogP contribution in [0.25, 0.3) is 0 Å². The van der Waals surface area contributed by atoms with Gasteiger partial charge >= 0.3 is 0 Å². The van der Waals surface area contributed by atoms with Gasteiger partial charge in [-0.2, -0.15) is 5.26 Å². The van der Waals surface area contributed by atoms with Crippen molar-refractivity contribution in [3.8, 4) is 17.6 Å². The molecule has 1 aromatic rings. The van der Waals surface area contributed by atoms with Crippen LogP contribution in [0.3, 0.4) is 0 Å². The molecule has 2 fully saturated rings. The standard InChI is InChI=1S/C16H19NO4/c1-19-12-5-3-10(7-13(12)20-2)15(18)16(9-17)8-11-4-6-14(16)21-11/h3,5,7,11,14-15,18H,4,6,8H2,1-2H3. The van der Waals surface area contributed by atoms with E-state index in [2.05, 4.69) is 6.07 Å². The Morgan fingerprint density at radius 1 is 1.33 bits per heavy atom. The van der Waals surface area contributed by atoms with Crippen molar-refractivity contribution in [1.29, 1.82) is 5.26 Å². The zero-order chi connectivity index (χ0) is 15.0. The molecule has 2 aliphatic rings. The van der Waals surface area contributed by atoms with E-state index in [0.717, 1.165) is 12.8 Å². The van der Waals surface area contributed by atoms with Gasteiger partial charge in [-0.15, -0.1) is 0 Å². The molecule has 0 amide bonds. The maximum atomic E-state index is 10.8. The largest absolute Gasteiger partial charge is 0.493 e. The molecule has 2 aliphatic heterocycles. The molecule has 3 rings (SSSR count). The fourth-order valence-corrected chi connectivity index (χ4v) is 3.53. The summed E-state index contributed by atoms with van der Waals surface area (Å²) in [4.78, 5) is 0. The lowest BCUT2D eigenvalue weighted by atomic mass is 9.69. The van der Waals surface area contributed by atoms with Gasteiger partial charge in [-0.3, -0.25) is 0 Å². The van der Waals surface area contributed by atoms with Crippen LogP contribution in [0.1, 0.15) is 30.9 Å². The van der Waals surface area contributed by atoms with Gasteiger partial charge < -0.3 is 19.3 Å².